The lowest BCUT2D eigenvalue weighted by Gasteiger charge is -2.23. The van der Waals surface area contributed by atoms with Crippen LogP contribution < -0.4 is 9.80 Å². The minimum atomic E-state index is -0.389. The Bertz CT molecular complexity index is 1090. The summed E-state index contributed by atoms with van der Waals surface area (Å²) in [6.07, 6.45) is 9.85. The Labute approximate surface area is 209 Å². The highest BCUT2D eigenvalue weighted by Gasteiger charge is 2.34. The van der Waals surface area contributed by atoms with E-state index in [1.807, 2.05) is 34.1 Å². The van der Waals surface area contributed by atoms with Crippen LogP contribution in [0.5, 0.6) is 0 Å². The summed E-state index contributed by atoms with van der Waals surface area (Å²) in [6, 6.07) is 10.2. The molecule has 0 N–H and O–H groups in total. The molecule has 186 valence electrons. The van der Waals surface area contributed by atoms with Gasteiger partial charge in [0.2, 0.25) is 11.9 Å². The Balaban J connectivity index is 1.14. The molecule has 0 amide bonds. The molecule has 0 saturated carbocycles. The van der Waals surface area contributed by atoms with Gasteiger partial charge in [-0.05, 0) is 55.0 Å². The second-order valence-corrected chi connectivity index (χ2v) is 8.84. The first kappa shape index (κ1) is 23.7. The molecule has 10 nitrogen and oxygen atoms in total. The van der Waals surface area contributed by atoms with E-state index >= 15 is 0 Å². The van der Waals surface area contributed by atoms with Crippen molar-refractivity contribution in [3.8, 4) is 0 Å². The van der Waals surface area contributed by atoms with Crippen molar-refractivity contribution in [2.24, 2.45) is 0 Å². The van der Waals surface area contributed by atoms with E-state index in [1.165, 1.54) is 0 Å². The number of hydrogen-bond acceptors (Lipinski definition) is 10. The highest BCUT2D eigenvalue weighted by Crippen LogP contribution is 2.24. The van der Waals surface area contributed by atoms with Crippen LogP contribution in [0.3, 0.4) is 0 Å². The average Bonchev–Trinajstić information content (AvgIpc) is 3.62. The molecule has 2 aliphatic rings. The fourth-order valence-corrected chi connectivity index (χ4v) is 4.69. The van der Waals surface area contributed by atoms with E-state index in [1.54, 1.807) is 36.9 Å². The standard InChI is InChI=1S/C26H28N6O4/c33-23(21-8-2-14-31(21)25-27-10-4-11-28-25)35-17-19-6-1-7-20(16-19)18-36-24(34)22-9-3-15-32(22)26-29-12-5-13-30-26/h1,4-7,10-13,16,21-22H,2-3,8-9,14-15,17-18H2/t21-,22-/m0/s1. The second kappa shape index (κ2) is 11.1. The molecule has 3 aromatic rings. The third-order valence-electron chi connectivity index (χ3n) is 6.42. The Kier molecular flexibility index (Phi) is 7.30. The number of ether oxygens (including phenoxy) is 2. The van der Waals surface area contributed by atoms with Crippen LogP contribution in [0.25, 0.3) is 0 Å². The summed E-state index contributed by atoms with van der Waals surface area (Å²) in [5, 5.41) is 0. The predicted molar refractivity (Wildman–Crippen MR) is 131 cm³/mol. The van der Waals surface area contributed by atoms with Crippen molar-refractivity contribution in [1.29, 1.82) is 0 Å². The van der Waals surface area contributed by atoms with Crippen molar-refractivity contribution in [2.75, 3.05) is 22.9 Å². The largest absolute Gasteiger partial charge is 0.459 e. The van der Waals surface area contributed by atoms with Crippen molar-refractivity contribution < 1.29 is 19.1 Å². The van der Waals surface area contributed by atoms with E-state index in [0.717, 1.165) is 37.1 Å². The van der Waals surface area contributed by atoms with Gasteiger partial charge in [-0.25, -0.2) is 29.5 Å². The van der Waals surface area contributed by atoms with Crippen LogP contribution in [-0.2, 0) is 32.3 Å². The van der Waals surface area contributed by atoms with Crippen LogP contribution >= 0.6 is 0 Å². The van der Waals surface area contributed by atoms with Crippen LogP contribution in [0, 0.1) is 0 Å². The van der Waals surface area contributed by atoms with Gasteiger partial charge in [-0.15, -0.1) is 0 Å². The molecule has 0 radical (unpaired) electrons. The second-order valence-electron chi connectivity index (χ2n) is 8.84. The molecule has 0 aliphatic carbocycles. The molecule has 2 aliphatic heterocycles. The number of benzene rings is 1. The van der Waals surface area contributed by atoms with Gasteiger partial charge < -0.3 is 19.3 Å². The van der Waals surface area contributed by atoms with Crippen LogP contribution in [0.2, 0.25) is 0 Å². The van der Waals surface area contributed by atoms with Crippen molar-refractivity contribution in [3.05, 3.63) is 72.3 Å². The van der Waals surface area contributed by atoms with Gasteiger partial charge in [0.25, 0.3) is 0 Å². The smallest absolute Gasteiger partial charge is 0.329 e. The van der Waals surface area contributed by atoms with E-state index < -0.39 is 0 Å². The van der Waals surface area contributed by atoms with Gasteiger partial charge >= 0.3 is 11.9 Å². The summed E-state index contributed by atoms with van der Waals surface area (Å²) >= 11 is 0. The highest BCUT2D eigenvalue weighted by atomic mass is 16.5. The number of carbonyl (C=O) groups excluding carboxylic acids is 2. The monoisotopic (exact) mass is 488 g/mol. The van der Waals surface area contributed by atoms with E-state index in [-0.39, 0.29) is 37.2 Å². The van der Waals surface area contributed by atoms with Crippen LogP contribution in [-0.4, -0.2) is 57.0 Å². The van der Waals surface area contributed by atoms with Crippen LogP contribution in [0.15, 0.2) is 61.2 Å². The minimum absolute atomic E-state index is 0.141. The molecule has 0 bridgehead atoms. The molecule has 4 heterocycles. The van der Waals surface area contributed by atoms with Crippen LogP contribution in [0.1, 0.15) is 36.8 Å². The lowest BCUT2D eigenvalue weighted by atomic mass is 10.1. The van der Waals surface area contributed by atoms with E-state index in [4.69, 9.17) is 9.47 Å². The lowest BCUT2D eigenvalue weighted by Crippen LogP contribution is -2.38. The topological polar surface area (TPSA) is 111 Å². The van der Waals surface area contributed by atoms with E-state index in [9.17, 15) is 9.59 Å². The molecule has 2 fully saturated rings. The normalized spacial score (nSPS) is 19.3. The fourth-order valence-electron chi connectivity index (χ4n) is 4.69. The van der Waals surface area contributed by atoms with Gasteiger partial charge in [0.1, 0.15) is 25.3 Å². The van der Waals surface area contributed by atoms with Crippen molar-refractivity contribution in [1.82, 2.24) is 19.9 Å². The summed E-state index contributed by atoms with van der Waals surface area (Å²) in [5.74, 6) is 0.503. The molecule has 2 atom stereocenters. The zero-order valence-electron chi connectivity index (χ0n) is 19.9. The van der Waals surface area contributed by atoms with Gasteiger partial charge in [0, 0.05) is 37.9 Å². The van der Waals surface area contributed by atoms with Crippen molar-refractivity contribution >= 4 is 23.8 Å². The molecule has 2 aromatic heterocycles. The first-order valence-corrected chi connectivity index (χ1v) is 12.2. The highest BCUT2D eigenvalue weighted by molar-refractivity contribution is 5.80. The first-order chi connectivity index (χ1) is 17.7. The lowest BCUT2D eigenvalue weighted by molar-refractivity contribution is -0.147. The Morgan fingerprint density at radius 1 is 0.722 bits per heavy atom. The molecule has 10 heteroatoms. The minimum Gasteiger partial charge on any atom is -0.459 e. The Morgan fingerprint density at radius 3 is 1.61 bits per heavy atom. The zero-order valence-corrected chi connectivity index (χ0v) is 19.9. The molecular weight excluding hydrogens is 460 g/mol. The van der Waals surface area contributed by atoms with Gasteiger partial charge in [0.15, 0.2) is 0 Å². The fraction of sp³-hybridized carbons (Fsp3) is 0.385. The summed E-state index contributed by atoms with van der Waals surface area (Å²) in [5.41, 5.74) is 1.66. The van der Waals surface area contributed by atoms with Crippen molar-refractivity contribution in [3.63, 3.8) is 0 Å². The van der Waals surface area contributed by atoms with Gasteiger partial charge in [-0.1, -0.05) is 18.2 Å². The first-order valence-electron chi connectivity index (χ1n) is 12.2. The Morgan fingerprint density at radius 2 is 1.17 bits per heavy atom. The third kappa shape index (κ3) is 5.42. The molecule has 0 unspecified atom stereocenters. The molecule has 1 aromatic carbocycles. The molecule has 36 heavy (non-hydrogen) atoms. The molecular formula is C26H28N6O4. The van der Waals surface area contributed by atoms with E-state index in [2.05, 4.69) is 19.9 Å². The van der Waals surface area contributed by atoms with Gasteiger partial charge in [-0.3, -0.25) is 0 Å². The molecule has 5 rings (SSSR count). The number of esters is 2. The number of hydrogen-bond donors (Lipinski definition) is 0. The average molecular weight is 489 g/mol. The summed E-state index contributed by atoms with van der Waals surface area (Å²) < 4.78 is 11.2. The van der Waals surface area contributed by atoms with Crippen LogP contribution in [0.4, 0.5) is 11.9 Å². The number of nitrogens with zero attached hydrogens (tertiary/aromatic N) is 6. The quantitative estimate of drug-likeness (QED) is 0.439. The number of carbonyl (C=O) groups is 2. The van der Waals surface area contributed by atoms with Crippen molar-refractivity contribution in [2.45, 2.75) is 51.0 Å². The maximum Gasteiger partial charge on any atom is 0.329 e. The number of rotatable bonds is 8. The zero-order chi connectivity index (χ0) is 24.7. The maximum absolute atomic E-state index is 12.8. The molecule has 0 spiro atoms. The van der Waals surface area contributed by atoms with E-state index in [0.29, 0.717) is 24.7 Å². The summed E-state index contributed by atoms with van der Waals surface area (Å²) in [7, 11) is 0. The predicted octanol–water partition coefficient (Wildman–Crippen LogP) is 2.69. The number of aromatic nitrogens is 4. The van der Waals surface area contributed by atoms with Gasteiger partial charge in [0.05, 0.1) is 0 Å². The summed E-state index contributed by atoms with van der Waals surface area (Å²) in [6.45, 7) is 1.73. The molecule has 2 saturated heterocycles. The SMILES string of the molecule is O=C(OCc1cccc(COC(=O)[C@@H]2CCCN2c2ncccn2)c1)[C@@H]1CCCN1c1ncccn1. The maximum atomic E-state index is 12.8. The Hall–Kier alpha value is -4.08. The van der Waals surface area contributed by atoms with Gasteiger partial charge in [-0.2, -0.15) is 0 Å². The number of anilines is 2. The third-order valence-corrected chi connectivity index (χ3v) is 6.42. The summed E-state index contributed by atoms with van der Waals surface area (Å²) in [4.78, 5) is 46.4.